The predicted molar refractivity (Wildman–Crippen MR) is 57.8 cm³/mol. The van der Waals surface area contributed by atoms with Gasteiger partial charge in [-0.05, 0) is 12.3 Å². The molecule has 0 aliphatic rings. The molecule has 1 aromatic rings. The van der Waals surface area contributed by atoms with Gasteiger partial charge in [0.15, 0.2) is 0 Å². The fraction of sp³-hybridized carbons (Fsp3) is 0.333. The van der Waals surface area contributed by atoms with Gasteiger partial charge in [0.05, 0.1) is 10.6 Å². The fourth-order valence-electron chi connectivity index (χ4n) is 1.01. The molecular weight excluding hydrogens is 299 g/mol. The van der Waals surface area contributed by atoms with Gasteiger partial charge in [-0.2, -0.15) is 22.0 Å². The van der Waals surface area contributed by atoms with Crippen LogP contribution in [-0.2, 0) is 5.92 Å². The molecule has 0 aromatic carbocycles. The summed E-state index contributed by atoms with van der Waals surface area (Å²) < 4.78 is 62.4. The topological polar surface area (TPSA) is 25.8 Å². The standard InChI is InChI=1S/C9H6ClF5N2S/c1-3-18-5-4(2)16-7(17-6(5)10)8(11,12)9(13,14)15/h3H,1H2,2H3. The van der Waals surface area contributed by atoms with Crippen LogP contribution in [-0.4, -0.2) is 16.1 Å². The molecule has 1 aromatic heterocycles. The summed E-state index contributed by atoms with van der Waals surface area (Å²) in [4.78, 5) is 6.35. The van der Waals surface area contributed by atoms with Crippen LogP contribution in [0.1, 0.15) is 11.5 Å². The van der Waals surface area contributed by atoms with Gasteiger partial charge in [-0.1, -0.05) is 29.9 Å². The van der Waals surface area contributed by atoms with Crippen LogP contribution in [0.4, 0.5) is 22.0 Å². The Bertz CT molecular complexity index is 452. The zero-order valence-corrected chi connectivity index (χ0v) is 10.4. The number of nitrogens with zero attached hydrogens (tertiary/aromatic N) is 2. The Balaban J connectivity index is 3.34. The Hall–Kier alpha value is -0.890. The number of alkyl halides is 5. The summed E-state index contributed by atoms with van der Waals surface area (Å²) >= 11 is 6.49. The summed E-state index contributed by atoms with van der Waals surface area (Å²) in [6.45, 7) is 4.63. The number of halogens is 6. The van der Waals surface area contributed by atoms with E-state index in [0.717, 1.165) is 11.8 Å². The highest BCUT2D eigenvalue weighted by Gasteiger charge is 2.61. The first-order chi connectivity index (χ1) is 8.11. The highest BCUT2D eigenvalue weighted by atomic mass is 35.5. The average Bonchev–Trinajstić information content (AvgIpc) is 2.21. The predicted octanol–water partition coefficient (Wildman–Crippen LogP) is 4.33. The summed E-state index contributed by atoms with van der Waals surface area (Å²) in [6.07, 6.45) is -5.77. The quantitative estimate of drug-likeness (QED) is 0.472. The second-order valence-electron chi connectivity index (χ2n) is 3.11. The molecule has 18 heavy (non-hydrogen) atoms. The van der Waals surface area contributed by atoms with Gasteiger partial charge in [-0.3, -0.25) is 0 Å². The Morgan fingerprint density at radius 1 is 1.22 bits per heavy atom. The molecule has 0 bridgehead atoms. The van der Waals surface area contributed by atoms with E-state index in [1.54, 1.807) is 0 Å². The zero-order chi connectivity index (χ0) is 14.1. The first kappa shape index (κ1) is 15.2. The van der Waals surface area contributed by atoms with E-state index in [9.17, 15) is 22.0 Å². The molecular formula is C9H6ClF5N2S. The van der Waals surface area contributed by atoms with E-state index in [0.29, 0.717) is 0 Å². The van der Waals surface area contributed by atoms with E-state index < -0.39 is 23.1 Å². The lowest BCUT2D eigenvalue weighted by Crippen LogP contribution is -2.35. The van der Waals surface area contributed by atoms with Crippen LogP contribution >= 0.6 is 23.4 Å². The fourth-order valence-corrected chi connectivity index (χ4v) is 1.89. The highest BCUT2D eigenvalue weighted by Crippen LogP contribution is 2.43. The van der Waals surface area contributed by atoms with Crippen molar-refractivity contribution in [1.82, 2.24) is 9.97 Å². The minimum Gasteiger partial charge on any atom is -0.231 e. The Morgan fingerprint density at radius 2 is 1.78 bits per heavy atom. The number of rotatable bonds is 3. The van der Waals surface area contributed by atoms with Crippen molar-refractivity contribution in [1.29, 1.82) is 0 Å². The smallest absolute Gasteiger partial charge is 0.231 e. The van der Waals surface area contributed by atoms with Gasteiger partial charge < -0.3 is 0 Å². The number of aryl methyl sites for hydroxylation is 1. The largest absolute Gasteiger partial charge is 0.461 e. The molecule has 0 aliphatic heterocycles. The number of aromatic nitrogens is 2. The Kier molecular flexibility index (Phi) is 4.22. The minimum atomic E-state index is -5.77. The lowest BCUT2D eigenvalue weighted by atomic mass is 10.3. The molecule has 0 amide bonds. The van der Waals surface area contributed by atoms with Crippen molar-refractivity contribution < 1.29 is 22.0 Å². The molecule has 0 unspecified atom stereocenters. The molecule has 0 spiro atoms. The number of thioether (sulfide) groups is 1. The van der Waals surface area contributed by atoms with E-state index in [1.807, 2.05) is 0 Å². The van der Waals surface area contributed by atoms with Crippen LogP contribution < -0.4 is 0 Å². The molecule has 0 N–H and O–H groups in total. The molecule has 1 heterocycles. The van der Waals surface area contributed by atoms with Gasteiger partial charge in [0.1, 0.15) is 5.15 Å². The van der Waals surface area contributed by atoms with Crippen LogP contribution in [0.5, 0.6) is 0 Å². The van der Waals surface area contributed by atoms with Crippen LogP contribution in [0.15, 0.2) is 16.9 Å². The van der Waals surface area contributed by atoms with Crippen molar-refractivity contribution in [2.75, 3.05) is 0 Å². The Labute approximate surface area is 108 Å². The lowest BCUT2D eigenvalue weighted by Gasteiger charge is -2.19. The van der Waals surface area contributed by atoms with E-state index in [1.165, 1.54) is 12.3 Å². The molecule has 0 fully saturated rings. The first-order valence-corrected chi connectivity index (χ1v) is 5.63. The SMILES string of the molecule is C=CSc1c(C)nc(C(F)(F)C(F)(F)F)nc1Cl. The molecule has 2 nitrogen and oxygen atoms in total. The molecule has 0 atom stereocenters. The minimum absolute atomic E-state index is 0.0705. The third-order valence-corrected chi connectivity index (χ3v) is 3.11. The third-order valence-electron chi connectivity index (χ3n) is 1.83. The molecule has 0 aliphatic carbocycles. The maximum absolute atomic E-state index is 13.0. The zero-order valence-electron chi connectivity index (χ0n) is 8.85. The van der Waals surface area contributed by atoms with Gasteiger partial charge in [0.25, 0.3) is 0 Å². The van der Waals surface area contributed by atoms with Gasteiger partial charge in [-0.15, -0.1) is 0 Å². The monoisotopic (exact) mass is 304 g/mol. The van der Waals surface area contributed by atoms with Crippen LogP contribution in [0.3, 0.4) is 0 Å². The van der Waals surface area contributed by atoms with E-state index in [2.05, 4.69) is 16.5 Å². The van der Waals surface area contributed by atoms with Crippen molar-refractivity contribution in [2.24, 2.45) is 0 Å². The van der Waals surface area contributed by atoms with Crippen molar-refractivity contribution >= 4 is 23.4 Å². The van der Waals surface area contributed by atoms with E-state index in [4.69, 9.17) is 11.6 Å². The molecule has 100 valence electrons. The van der Waals surface area contributed by atoms with Crippen molar-refractivity contribution in [3.63, 3.8) is 0 Å². The Morgan fingerprint density at radius 3 is 2.17 bits per heavy atom. The lowest BCUT2D eigenvalue weighted by molar-refractivity contribution is -0.292. The van der Waals surface area contributed by atoms with Crippen molar-refractivity contribution in [2.45, 2.75) is 23.9 Å². The first-order valence-electron chi connectivity index (χ1n) is 4.38. The summed E-state index contributed by atoms with van der Waals surface area (Å²) in [5, 5.41) is 0.866. The van der Waals surface area contributed by atoms with Crippen LogP contribution in [0.2, 0.25) is 5.15 Å². The third kappa shape index (κ3) is 2.74. The maximum Gasteiger partial charge on any atom is 0.461 e. The molecule has 0 saturated carbocycles. The van der Waals surface area contributed by atoms with E-state index in [-0.39, 0.29) is 10.6 Å². The summed E-state index contributed by atoms with van der Waals surface area (Å²) in [5.74, 6) is -6.80. The molecule has 9 heteroatoms. The average molecular weight is 305 g/mol. The second-order valence-corrected chi connectivity index (χ2v) is 4.44. The number of hydrogen-bond donors (Lipinski definition) is 0. The van der Waals surface area contributed by atoms with Gasteiger partial charge in [-0.25, -0.2) is 9.97 Å². The molecule has 0 saturated heterocycles. The summed E-state index contributed by atoms with van der Waals surface area (Å²) in [5.41, 5.74) is -0.0705. The van der Waals surface area contributed by atoms with E-state index >= 15 is 0 Å². The van der Waals surface area contributed by atoms with Gasteiger partial charge in [0.2, 0.25) is 5.82 Å². The molecule has 1 rings (SSSR count). The van der Waals surface area contributed by atoms with Gasteiger partial charge >= 0.3 is 12.1 Å². The van der Waals surface area contributed by atoms with Crippen LogP contribution in [0.25, 0.3) is 0 Å². The van der Waals surface area contributed by atoms with Crippen LogP contribution in [0, 0.1) is 6.92 Å². The molecule has 0 radical (unpaired) electrons. The maximum atomic E-state index is 13.0. The number of hydrogen-bond acceptors (Lipinski definition) is 3. The summed E-state index contributed by atoms with van der Waals surface area (Å²) in [7, 11) is 0. The second kappa shape index (κ2) is 5.00. The summed E-state index contributed by atoms with van der Waals surface area (Å²) in [6, 6.07) is 0. The van der Waals surface area contributed by atoms with Crippen molar-refractivity contribution in [3.8, 4) is 0 Å². The normalized spacial score (nSPS) is 12.6. The highest BCUT2D eigenvalue weighted by molar-refractivity contribution is 8.02. The van der Waals surface area contributed by atoms with Gasteiger partial charge in [0, 0.05) is 0 Å². The van der Waals surface area contributed by atoms with Crippen molar-refractivity contribution in [3.05, 3.63) is 28.7 Å².